The van der Waals surface area contributed by atoms with E-state index in [-0.39, 0.29) is 11.9 Å². The lowest BCUT2D eigenvalue weighted by Gasteiger charge is -2.41. The summed E-state index contributed by atoms with van der Waals surface area (Å²) in [6.45, 7) is 10.1. The van der Waals surface area contributed by atoms with E-state index in [9.17, 15) is 4.79 Å². The zero-order chi connectivity index (χ0) is 16.9. The van der Waals surface area contributed by atoms with E-state index in [4.69, 9.17) is 4.98 Å². The fourth-order valence-corrected chi connectivity index (χ4v) is 3.58. The van der Waals surface area contributed by atoms with E-state index in [2.05, 4.69) is 28.3 Å². The Morgan fingerprint density at radius 1 is 1.29 bits per heavy atom. The average Bonchev–Trinajstić information content (AvgIpc) is 2.67. The molecule has 1 amide bonds. The molecule has 0 aromatic carbocycles. The van der Waals surface area contributed by atoms with Crippen LogP contribution in [0.15, 0.2) is 24.9 Å². The first-order valence-electron chi connectivity index (χ1n) is 8.99. The molecule has 1 unspecified atom stereocenters. The van der Waals surface area contributed by atoms with Crippen molar-refractivity contribution in [3.63, 3.8) is 0 Å². The molecule has 1 aromatic heterocycles. The first kappa shape index (κ1) is 16.7. The topological polar surface area (TPSA) is 52.6 Å². The third-order valence-electron chi connectivity index (χ3n) is 5.00. The first-order valence-corrected chi connectivity index (χ1v) is 8.99. The van der Waals surface area contributed by atoms with Gasteiger partial charge in [0.15, 0.2) is 0 Å². The molecule has 24 heavy (non-hydrogen) atoms. The van der Waals surface area contributed by atoms with Crippen molar-refractivity contribution in [1.82, 2.24) is 14.9 Å². The molecule has 0 N–H and O–H groups in total. The van der Waals surface area contributed by atoms with Gasteiger partial charge in [0.05, 0.1) is 0 Å². The standard InChI is InChI=1S/C18H27N5O/c1-3-15-14-22(17(24)4-2)12-13-23(15)16-8-9-19-18(20-16)21-10-6-5-7-11-21/h4,8-9,15H,2-3,5-7,10-14H2,1H3. The third kappa shape index (κ3) is 3.52. The van der Waals surface area contributed by atoms with Crippen LogP contribution < -0.4 is 9.80 Å². The van der Waals surface area contributed by atoms with Crippen molar-refractivity contribution in [2.24, 2.45) is 0 Å². The van der Waals surface area contributed by atoms with Crippen LogP contribution in [0.4, 0.5) is 11.8 Å². The Morgan fingerprint density at radius 2 is 2.08 bits per heavy atom. The summed E-state index contributed by atoms with van der Waals surface area (Å²) in [5, 5.41) is 0. The molecule has 6 heteroatoms. The number of hydrogen-bond acceptors (Lipinski definition) is 5. The molecule has 2 fully saturated rings. The SMILES string of the molecule is C=CC(=O)N1CCN(c2ccnc(N3CCCCC3)n2)C(CC)C1. The lowest BCUT2D eigenvalue weighted by atomic mass is 10.1. The van der Waals surface area contributed by atoms with E-state index >= 15 is 0 Å². The van der Waals surface area contributed by atoms with Crippen molar-refractivity contribution in [2.45, 2.75) is 38.6 Å². The van der Waals surface area contributed by atoms with Gasteiger partial charge >= 0.3 is 0 Å². The summed E-state index contributed by atoms with van der Waals surface area (Å²) in [7, 11) is 0. The summed E-state index contributed by atoms with van der Waals surface area (Å²) in [6.07, 6.45) is 7.97. The fraction of sp³-hybridized carbons (Fsp3) is 0.611. The van der Waals surface area contributed by atoms with Gasteiger partial charge in [0, 0.05) is 45.0 Å². The Labute approximate surface area is 144 Å². The van der Waals surface area contributed by atoms with Gasteiger partial charge < -0.3 is 14.7 Å². The fourth-order valence-electron chi connectivity index (χ4n) is 3.58. The molecule has 2 aliphatic heterocycles. The van der Waals surface area contributed by atoms with Crippen LogP contribution in [0.25, 0.3) is 0 Å². The van der Waals surface area contributed by atoms with E-state index in [0.29, 0.717) is 6.54 Å². The van der Waals surface area contributed by atoms with Gasteiger partial charge in [-0.2, -0.15) is 4.98 Å². The molecule has 0 radical (unpaired) electrons. The van der Waals surface area contributed by atoms with Crippen LogP contribution in [-0.2, 0) is 4.79 Å². The molecule has 6 nitrogen and oxygen atoms in total. The number of aromatic nitrogens is 2. The summed E-state index contributed by atoms with van der Waals surface area (Å²) in [5.41, 5.74) is 0. The summed E-state index contributed by atoms with van der Waals surface area (Å²) in [5.74, 6) is 1.83. The van der Waals surface area contributed by atoms with E-state index in [0.717, 1.165) is 44.4 Å². The maximum Gasteiger partial charge on any atom is 0.246 e. The maximum absolute atomic E-state index is 11.9. The van der Waals surface area contributed by atoms with Crippen LogP contribution >= 0.6 is 0 Å². The van der Waals surface area contributed by atoms with Crippen LogP contribution in [-0.4, -0.2) is 59.5 Å². The monoisotopic (exact) mass is 329 g/mol. The number of hydrogen-bond donors (Lipinski definition) is 0. The Kier molecular flexibility index (Phi) is 5.33. The number of carbonyl (C=O) groups is 1. The van der Waals surface area contributed by atoms with Crippen LogP contribution in [0.1, 0.15) is 32.6 Å². The second-order valence-electron chi connectivity index (χ2n) is 6.51. The van der Waals surface area contributed by atoms with E-state index < -0.39 is 0 Å². The highest BCUT2D eigenvalue weighted by Crippen LogP contribution is 2.23. The van der Waals surface area contributed by atoms with Crippen LogP contribution in [0.5, 0.6) is 0 Å². The normalized spacial score (nSPS) is 21.7. The molecule has 130 valence electrons. The third-order valence-corrected chi connectivity index (χ3v) is 5.00. The summed E-state index contributed by atoms with van der Waals surface area (Å²) in [4.78, 5) is 27.7. The summed E-state index contributed by atoms with van der Waals surface area (Å²) >= 11 is 0. The molecule has 1 atom stereocenters. The molecule has 3 rings (SSSR count). The number of rotatable bonds is 4. The number of piperazine rings is 1. The predicted molar refractivity (Wildman–Crippen MR) is 96.3 cm³/mol. The molecule has 2 aliphatic rings. The van der Waals surface area contributed by atoms with Crippen molar-refractivity contribution < 1.29 is 4.79 Å². The zero-order valence-corrected chi connectivity index (χ0v) is 14.5. The number of nitrogens with zero attached hydrogens (tertiary/aromatic N) is 5. The van der Waals surface area contributed by atoms with Crippen LogP contribution in [0.3, 0.4) is 0 Å². The minimum Gasteiger partial charge on any atom is -0.350 e. The molecule has 0 spiro atoms. The van der Waals surface area contributed by atoms with Gasteiger partial charge in [-0.25, -0.2) is 4.98 Å². The second-order valence-corrected chi connectivity index (χ2v) is 6.51. The Balaban J connectivity index is 1.75. The zero-order valence-electron chi connectivity index (χ0n) is 14.5. The van der Waals surface area contributed by atoms with Gasteiger partial charge in [-0.15, -0.1) is 0 Å². The Hall–Kier alpha value is -2.11. The lowest BCUT2D eigenvalue weighted by Crippen LogP contribution is -2.54. The van der Waals surface area contributed by atoms with Gasteiger partial charge in [-0.1, -0.05) is 13.5 Å². The van der Waals surface area contributed by atoms with Gasteiger partial charge in [0.25, 0.3) is 0 Å². The second kappa shape index (κ2) is 7.64. The number of carbonyl (C=O) groups excluding carboxylic acids is 1. The highest BCUT2D eigenvalue weighted by molar-refractivity contribution is 5.87. The molecular formula is C18H27N5O. The molecular weight excluding hydrogens is 302 g/mol. The van der Waals surface area contributed by atoms with Gasteiger partial charge in [-0.3, -0.25) is 4.79 Å². The number of amides is 1. The van der Waals surface area contributed by atoms with Crippen molar-refractivity contribution in [3.05, 3.63) is 24.9 Å². The van der Waals surface area contributed by atoms with Gasteiger partial charge in [0.2, 0.25) is 11.9 Å². The van der Waals surface area contributed by atoms with Crippen LogP contribution in [0.2, 0.25) is 0 Å². The predicted octanol–water partition coefficient (Wildman–Crippen LogP) is 2.08. The quantitative estimate of drug-likeness (QED) is 0.792. The number of anilines is 2. The average molecular weight is 329 g/mol. The smallest absolute Gasteiger partial charge is 0.246 e. The largest absolute Gasteiger partial charge is 0.350 e. The van der Waals surface area contributed by atoms with Gasteiger partial charge in [-0.05, 0) is 37.8 Å². The molecule has 3 heterocycles. The van der Waals surface area contributed by atoms with Crippen molar-refractivity contribution in [1.29, 1.82) is 0 Å². The highest BCUT2D eigenvalue weighted by Gasteiger charge is 2.29. The summed E-state index contributed by atoms with van der Waals surface area (Å²) in [6, 6.07) is 2.27. The van der Waals surface area contributed by atoms with Crippen molar-refractivity contribution in [2.75, 3.05) is 42.5 Å². The molecule has 0 aliphatic carbocycles. The molecule has 1 aromatic rings. The van der Waals surface area contributed by atoms with Crippen LogP contribution in [0, 0.1) is 0 Å². The number of piperidine rings is 1. The molecule has 2 saturated heterocycles. The van der Waals surface area contributed by atoms with E-state index in [1.807, 2.05) is 17.2 Å². The van der Waals surface area contributed by atoms with E-state index in [1.165, 1.54) is 25.3 Å². The Morgan fingerprint density at radius 3 is 2.79 bits per heavy atom. The van der Waals surface area contributed by atoms with E-state index in [1.54, 1.807) is 0 Å². The minimum atomic E-state index is 0.0183. The Bertz CT molecular complexity index is 585. The summed E-state index contributed by atoms with van der Waals surface area (Å²) < 4.78 is 0. The molecule has 0 saturated carbocycles. The van der Waals surface area contributed by atoms with Gasteiger partial charge in [0.1, 0.15) is 5.82 Å². The maximum atomic E-state index is 11.9. The van der Waals surface area contributed by atoms with Crippen molar-refractivity contribution >= 4 is 17.7 Å². The highest BCUT2D eigenvalue weighted by atomic mass is 16.2. The first-order chi connectivity index (χ1) is 11.7. The minimum absolute atomic E-state index is 0.0183. The lowest BCUT2D eigenvalue weighted by molar-refractivity contribution is -0.126. The van der Waals surface area contributed by atoms with Crippen molar-refractivity contribution in [3.8, 4) is 0 Å². The molecule has 0 bridgehead atoms.